The van der Waals surface area contributed by atoms with Crippen LogP contribution in [0.1, 0.15) is 50.3 Å². The number of carbonyl (C=O) groups is 4. The van der Waals surface area contributed by atoms with E-state index < -0.39 is 41.3 Å². The van der Waals surface area contributed by atoms with E-state index in [4.69, 9.17) is 18.9 Å². The number of esters is 2. The van der Waals surface area contributed by atoms with Gasteiger partial charge >= 0.3 is 24.1 Å². The van der Waals surface area contributed by atoms with Gasteiger partial charge in [-0.2, -0.15) is 11.8 Å². The molecule has 3 aromatic carbocycles. The van der Waals surface area contributed by atoms with Crippen molar-refractivity contribution in [2.75, 3.05) is 25.2 Å². The summed E-state index contributed by atoms with van der Waals surface area (Å²) in [7, 11) is 1.22. The van der Waals surface area contributed by atoms with Gasteiger partial charge in [-0.25, -0.2) is 19.2 Å². The third-order valence-corrected chi connectivity index (χ3v) is 8.58. The fourth-order valence-corrected chi connectivity index (χ4v) is 6.23. The smallest absolute Gasteiger partial charge is 0.408 e. The first kappa shape index (κ1) is 34.4. The van der Waals surface area contributed by atoms with Gasteiger partial charge in [0.1, 0.15) is 30.4 Å². The number of alkyl carbamates (subject to hydrolysis) is 2. The Balaban J connectivity index is 1.39. The van der Waals surface area contributed by atoms with Gasteiger partial charge in [0.15, 0.2) is 0 Å². The van der Waals surface area contributed by atoms with Crippen molar-refractivity contribution >= 4 is 35.9 Å². The van der Waals surface area contributed by atoms with E-state index in [9.17, 15) is 19.2 Å². The summed E-state index contributed by atoms with van der Waals surface area (Å²) in [5, 5.41) is 5.22. The lowest BCUT2D eigenvalue weighted by Gasteiger charge is -2.28. The van der Waals surface area contributed by atoms with Crippen LogP contribution in [0, 0.1) is 0 Å². The van der Waals surface area contributed by atoms with E-state index in [1.54, 1.807) is 20.8 Å². The molecule has 11 heteroatoms. The average molecular weight is 649 g/mol. The summed E-state index contributed by atoms with van der Waals surface area (Å²) in [5.74, 6) is -1.50. The first-order chi connectivity index (χ1) is 21.9. The number of thioether (sulfide) groups is 1. The maximum Gasteiger partial charge on any atom is 0.408 e. The number of hydrogen-bond donors (Lipinski definition) is 2. The zero-order chi connectivity index (χ0) is 33.3. The minimum atomic E-state index is -1.51. The lowest BCUT2D eigenvalue weighted by Crippen LogP contribution is -2.55. The predicted molar refractivity (Wildman–Crippen MR) is 175 cm³/mol. The second kappa shape index (κ2) is 15.2. The van der Waals surface area contributed by atoms with Crippen LogP contribution in [0.25, 0.3) is 11.1 Å². The van der Waals surface area contributed by atoms with Gasteiger partial charge in [0, 0.05) is 17.4 Å². The van der Waals surface area contributed by atoms with Crippen LogP contribution in [0.5, 0.6) is 0 Å². The van der Waals surface area contributed by atoms with Gasteiger partial charge in [-0.1, -0.05) is 78.9 Å². The van der Waals surface area contributed by atoms with Crippen molar-refractivity contribution in [3.8, 4) is 11.1 Å². The molecule has 0 heterocycles. The van der Waals surface area contributed by atoms with E-state index in [2.05, 4.69) is 10.6 Å². The van der Waals surface area contributed by atoms with Gasteiger partial charge in [0.25, 0.3) is 0 Å². The second-order valence-corrected chi connectivity index (χ2v) is 13.1. The van der Waals surface area contributed by atoms with Gasteiger partial charge in [0.05, 0.1) is 7.11 Å². The Morgan fingerprint density at radius 2 is 1.39 bits per heavy atom. The summed E-state index contributed by atoms with van der Waals surface area (Å²) in [6, 6.07) is 24.0. The van der Waals surface area contributed by atoms with E-state index in [1.807, 2.05) is 78.9 Å². The molecule has 10 nitrogen and oxygen atoms in total. The Morgan fingerprint density at radius 3 is 1.98 bits per heavy atom. The normalized spacial score (nSPS) is 14.1. The summed E-state index contributed by atoms with van der Waals surface area (Å²) >= 11 is 1.15. The number of methoxy groups -OCH3 is 1. The van der Waals surface area contributed by atoms with Crippen LogP contribution in [0.15, 0.2) is 78.9 Å². The van der Waals surface area contributed by atoms with Gasteiger partial charge in [-0.05, 0) is 55.5 Å². The number of ether oxygens (including phenoxy) is 4. The molecule has 0 aliphatic heterocycles. The Hall–Kier alpha value is -4.51. The molecule has 2 N–H and O–H groups in total. The molecule has 1 aliphatic carbocycles. The number of amides is 2. The maximum atomic E-state index is 13.1. The summed E-state index contributed by atoms with van der Waals surface area (Å²) in [4.78, 5) is 51.5. The van der Waals surface area contributed by atoms with Crippen molar-refractivity contribution in [3.05, 3.63) is 95.6 Å². The van der Waals surface area contributed by atoms with Crippen LogP contribution in [0.3, 0.4) is 0 Å². The van der Waals surface area contributed by atoms with Crippen LogP contribution < -0.4 is 10.6 Å². The molecule has 0 saturated carbocycles. The van der Waals surface area contributed by atoms with E-state index >= 15 is 0 Å². The summed E-state index contributed by atoms with van der Waals surface area (Å²) in [5.41, 5.74) is 2.80. The number of hydrogen-bond acceptors (Lipinski definition) is 9. The number of nitrogens with one attached hydrogen (secondary N) is 2. The maximum absolute atomic E-state index is 13.1. The Morgan fingerprint density at radius 1 is 0.804 bits per heavy atom. The molecule has 0 aromatic heterocycles. The molecule has 2 atom stereocenters. The van der Waals surface area contributed by atoms with Gasteiger partial charge in [-0.3, -0.25) is 0 Å². The molecule has 1 aliphatic rings. The second-order valence-electron chi connectivity index (χ2n) is 12.1. The Kier molecular flexibility index (Phi) is 11.3. The monoisotopic (exact) mass is 648 g/mol. The molecule has 4 rings (SSSR count). The summed E-state index contributed by atoms with van der Waals surface area (Å²) in [6.45, 7) is 6.72. The highest BCUT2D eigenvalue weighted by Crippen LogP contribution is 2.44. The largest absolute Gasteiger partial charge is 0.467 e. The first-order valence-electron chi connectivity index (χ1n) is 14.9. The number of fused-ring (bicyclic) bond motifs is 3. The molecule has 0 saturated heterocycles. The van der Waals surface area contributed by atoms with Crippen molar-refractivity contribution < 1.29 is 38.1 Å². The van der Waals surface area contributed by atoms with Crippen molar-refractivity contribution in [2.45, 2.75) is 57.4 Å². The van der Waals surface area contributed by atoms with Crippen LogP contribution in [0.4, 0.5) is 9.59 Å². The van der Waals surface area contributed by atoms with Crippen molar-refractivity contribution in [2.24, 2.45) is 0 Å². The van der Waals surface area contributed by atoms with Gasteiger partial charge in [0.2, 0.25) is 0 Å². The Bertz CT molecular complexity index is 1500. The van der Waals surface area contributed by atoms with Gasteiger partial charge in [-0.15, -0.1) is 0 Å². The molecule has 244 valence electrons. The highest BCUT2D eigenvalue weighted by Gasteiger charge is 2.38. The van der Waals surface area contributed by atoms with Crippen LogP contribution in [-0.4, -0.2) is 66.5 Å². The Labute approximate surface area is 273 Å². The average Bonchev–Trinajstić information content (AvgIpc) is 3.34. The number of benzene rings is 3. The first-order valence-corrected chi connectivity index (χ1v) is 16.0. The lowest BCUT2D eigenvalue weighted by atomic mass is 9.98. The molecule has 3 aromatic rings. The van der Waals surface area contributed by atoms with Crippen molar-refractivity contribution in [1.82, 2.24) is 10.6 Å². The van der Waals surface area contributed by atoms with Crippen LogP contribution >= 0.6 is 11.8 Å². The lowest BCUT2D eigenvalue weighted by molar-refractivity contribution is -0.147. The molecule has 2 amide bonds. The molecule has 0 spiro atoms. The third kappa shape index (κ3) is 9.03. The molecular weight excluding hydrogens is 608 g/mol. The zero-order valence-electron chi connectivity index (χ0n) is 26.7. The molecule has 0 radical (unpaired) electrons. The minimum Gasteiger partial charge on any atom is -0.467 e. The third-order valence-electron chi connectivity index (χ3n) is 7.23. The quantitative estimate of drug-likeness (QED) is 0.184. The molecule has 46 heavy (non-hydrogen) atoms. The summed E-state index contributed by atoms with van der Waals surface area (Å²) in [6.07, 6.45) is -1.58. The van der Waals surface area contributed by atoms with Crippen molar-refractivity contribution in [3.63, 3.8) is 0 Å². The number of carbonyl (C=O) groups excluding carboxylic acids is 4. The topological polar surface area (TPSA) is 129 Å². The molecule has 0 fully saturated rings. The standard InChI is InChI=1S/C35H40N2O8S/c1-34(2,3)45-32(40)36-29(30(38)43-19-23-13-7-6-8-14-23)21-46-22-35(4,31(39)42-5)37-33(41)44-20-28-26-17-11-9-15-24(26)25-16-10-12-18-27(25)28/h6-18,28-29H,19-22H2,1-5H3,(H,36,40)(H,37,41)/t29-,35-/m0/s1. The highest BCUT2D eigenvalue weighted by atomic mass is 32.2. The fraction of sp³-hybridized carbons (Fsp3) is 0.371. The van der Waals surface area contributed by atoms with E-state index in [-0.39, 0.29) is 30.6 Å². The van der Waals surface area contributed by atoms with Crippen molar-refractivity contribution in [1.29, 1.82) is 0 Å². The predicted octanol–water partition coefficient (Wildman–Crippen LogP) is 5.83. The number of rotatable bonds is 12. The molecule has 0 unspecified atom stereocenters. The molecule has 0 bridgehead atoms. The minimum absolute atomic E-state index is 0.00231. The molecular formula is C35H40N2O8S. The summed E-state index contributed by atoms with van der Waals surface area (Å²) < 4.78 is 21.4. The van der Waals surface area contributed by atoms with Gasteiger partial charge < -0.3 is 29.6 Å². The zero-order valence-corrected chi connectivity index (χ0v) is 27.5. The SMILES string of the molecule is COC(=O)[C@](C)(CSC[C@H](NC(=O)OC(C)(C)C)C(=O)OCc1ccccc1)NC(=O)OCC1c2ccccc2-c2ccccc21. The van der Waals surface area contributed by atoms with E-state index in [1.165, 1.54) is 14.0 Å². The highest BCUT2D eigenvalue weighted by molar-refractivity contribution is 7.99. The fourth-order valence-electron chi connectivity index (χ4n) is 5.06. The van der Waals surface area contributed by atoms with Crippen LogP contribution in [0.2, 0.25) is 0 Å². The van der Waals surface area contributed by atoms with E-state index in [0.29, 0.717) is 0 Å². The van der Waals surface area contributed by atoms with E-state index in [0.717, 1.165) is 39.6 Å². The van der Waals surface area contributed by atoms with Crippen LogP contribution in [-0.2, 0) is 35.1 Å².